The number of thioether (sulfide) groups is 1. The van der Waals surface area contributed by atoms with E-state index in [1.807, 2.05) is 18.2 Å². The molecule has 0 saturated carbocycles. The third-order valence-corrected chi connectivity index (χ3v) is 4.64. The molecule has 0 unspecified atom stereocenters. The number of hydrogen-bond donors (Lipinski definition) is 1. The van der Waals surface area contributed by atoms with Gasteiger partial charge in [-0.05, 0) is 48.0 Å². The van der Waals surface area contributed by atoms with E-state index >= 15 is 0 Å². The number of rotatable bonds is 1. The van der Waals surface area contributed by atoms with Gasteiger partial charge >= 0.3 is 0 Å². The fourth-order valence-corrected chi connectivity index (χ4v) is 3.11. The van der Waals surface area contributed by atoms with Crippen LogP contribution in [0.2, 0.25) is 0 Å². The number of amidine groups is 1. The summed E-state index contributed by atoms with van der Waals surface area (Å²) < 4.78 is 2.10. The predicted octanol–water partition coefficient (Wildman–Crippen LogP) is 4.50. The summed E-state index contributed by atoms with van der Waals surface area (Å²) in [5, 5.41) is 4.33. The Morgan fingerprint density at radius 3 is 2.75 bits per heavy atom. The van der Waals surface area contributed by atoms with Crippen LogP contribution >= 0.6 is 43.6 Å². The third kappa shape index (κ3) is 3.02. The molecule has 0 aliphatic carbocycles. The molecule has 0 aromatic heterocycles. The van der Waals surface area contributed by atoms with Crippen molar-refractivity contribution in [3.05, 3.63) is 27.1 Å². The van der Waals surface area contributed by atoms with Gasteiger partial charge < -0.3 is 5.32 Å². The van der Waals surface area contributed by atoms with Gasteiger partial charge in [0.1, 0.15) is 0 Å². The molecule has 86 valence electrons. The number of nitrogens with one attached hydrogen (secondary N) is 1. The van der Waals surface area contributed by atoms with Gasteiger partial charge in [0.05, 0.1) is 11.2 Å². The summed E-state index contributed by atoms with van der Waals surface area (Å²) in [4.78, 5) is 4.62. The van der Waals surface area contributed by atoms with Gasteiger partial charge in [-0.2, -0.15) is 0 Å². The normalized spacial score (nSPS) is 18.4. The van der Waals surface area contributed by atoms with Gasteiger partial charge in [0.15, 0.2) is 5.17 Å². The molecule has 5 heteroatoms. The zero-order valence-electron chi connectivity index (χ0n) is 9.05. The highest BCUT2D eigenvalue weighted by Crippen LogP contribution is 2.31. The first-order chi connectivity index (χ1) is 7.46. The van der Waals surface area contributed by atoms with Gasteiger partial charge in [0.25, 0.3) is 0 Å². The fraction of sp³-hybridized carbons (Fsp3) is 0.364. The van der Waals surface area contributed by atoms with Gasteiger partial charge in [-0.15, -0.1) is 0 Å². The van der Waals surface area contributed by atoms with Crippen LogP contribution in [0.3, 0.4) is 0 Å². The zero-order valence-corrected chi connectivity index (χ0v) is 13.0. The van der Waals surface area contributed by atoms with Gasteiger partial charge in [0, 0.05) is 14.7 Å². The molecule has 2 nitrogen and oxygen atoms in total. The second-order valence-electron chi connectivity index (χ2n) is 4.27. The molecule has 0 saturated heterocycles. The predicted molar refractivity (Wildman–Crippen MR) is 79.4 cm³/mol. The molecule has 0 amide bonds. The second-order valence-corrected chi connectivity index (χ2v) is 7.00. The molecule has 0 spiro atoms. The van der Waals surface area contributed by atoms with Crippen molar-refractivity contribution < 1.29 is 0 Å². The molecule has 16 heavy (non-hydrogen) atoms. The van der Waals surface area contributed by atoms with Crippen molar-refractivity contribution in [1.29, 1.82) is 0 Å². The molecule has 1 aliphatic rings. The number of benzene rings is 1. The highest BCUT2D eigenvalue weighted by molar-refractivity contribution is 9.11. The van der Waals surface area contributed by atoms with Crippen LogP contribution in [0, 0.1) is 0 Å². The van der Waals surface area contributed by atoms with Crippen LogP contribution in [-0.2, 0) is 0 Å². The second kappa shape index (κ2) is 4.70. The SMILES string of the molecule is CC1(C)CSC(Nc2cc(Br)ccc2Br)=N1. The number of halogens is 2. The third-order valence-electron chi connectivity index (χ3n) is 2.14. The Bertz CT molecular complexity index is 444. The van der Waals surface area contributed by atoms with E-state index in [1.165, 1.54) is 0 Å². The molecule has 1 aromatic rings. The van der Waals surface area contributed by atoms with Crippen molar-refractivity contribution in [2.24, 2.45) is 4.99 Å². The Morgan fingerprint density at radius 2 is 2.12 bits per heavy atom. The molecule has 1 heterocycles. The van der Waals surface area contributed by atoms with Crippen molar-refractivity contribution in [3.8, 4) is 0 Å². The molecule has 1 N–H and O–H groups in total. The van der Waals surface area contributed by atoms with Crippen LogP contribution in [0.25, 0.3) is 0 Å². The van der Waals surface area contributed by atoms with E-state index in [0.29, 0.717) is 0 Å². The quantitative estimate of drug-likeness (QED) is 0.794. The minimum atomic E-state index is 0.0471. The molecular formula is C11H12Br2N2S. The van der Waals surface area contributed by atoms with E-state index < -0.39 is 0 Å². The molecule has 0 atom stereocenters. The molecule has 0 fully saturated rings. The van der Waals surface area contributed by atoms with E-state index in [1.54, 1.807) is 11.8 Å². The summed E-state index contributed by atoms with van der Waals surface area (Å²) in [5.41, 5.74) is 1.09. The van der Waals surface area contributed by atoms with Crippen LogP contribution < -0.4 is 5.32 Å². The van der Waals surface area contributed by atoms with E-state index in [4.69, 9.17) is 0 Å². The molecule has 2 rings (SSSR count). The van der Waals surface area contributed by atoms with Crippen LogP contribution in [0.15, 0.2) is 32.1 Å². The first-order valence-corrected chi connectivity index (χ1v) is 7.48. The molecular weight excluding hydrogens is 352 g/mol. The Labute approximate surface area is 117 Å². The molecule has 0 bridgehead atoms. The lowest BCUT2D eigenvalue weighted by Crippen LogP contribution is -2.15. The van der Waals surface area contributed by atoms with Crippen molar-refractivity contribution in [1.82, 2.24) is 0 Å². The van der Waals surface area contributed by atoms with Gasteiger partial charge in [-0.3, -0.25) is 4.99 Å². The maximum atomic E-state index is 4.62. The molecule has 1 aliphatic heterocycles. The van der Waals surface area contributed by atoms with Crippen molar-refractivity contribution >= 4 is 54.5 Å². The highest BCUT2D eigenvalue weighted by atomic mass is 79.9. The van der Waals surface area contributed by atoms with E-state index in [0.717, 1.165) is 25.6 Å². The van der Waals surface area contributed by atoms with E-state index in [2.05, 4.69) is 56.0 Å². The molecule has 0 radical (unpaired) electrons. The monoisotopic (exact) mass is 362 g/mol. The van der Waals surface area contributed by atoms with Gasteiger partial charge in [0.2, 0.25) is 0 Å². The summed E-state index contributed by atoms with van der Waals surface area (Å²) in [6.07, 6.45) is 0. The number of hydrogen-bond acceptors (Lipinski definition) is 3. The standard InChI is InChI=1S/C11H12Br2N2S/c1-11(2)6-16-10(15-11)14-9-5-7(12)3-4-8(9)13/h3-5H,6H2,1-2H3,(H,14,15). The Hall–Kier alpha value is -0.000000000000000111. The first kappa shape index (κ1) is 12.5. The highest BCUT2D eigenvalue weighted by Gasteiger charge is 2.25. The van der Waals surface area contributed by atoms with Gasteiger partial charge in [-0.1, -0.05) is 27.7 Å². The summed E-state index contributed by atoms with van der Waals surface area (Å²) >= 11 is 8.74. The lowest BCUT2D eigenvalue weighted by Gasteiger charge is -2.10. The first-order valence-electron chi connectivity index (χ1n) is 4.91. The van der Waals surface area contributed by atoms with Gasteiger partial charge in [-0.25, -0.2) is 0 Å². The summed E-state index contributed by atoms with van der Waals surface area (Å²) in [5.74, 6) is 1.03. The smallest absolute Gasteiger partial charge is 0.161 e. The van der Waals surface area contributed by atoms with E-state index in [9.17, 15) is 0 Å². The van der Waals surface area contributed by atoms with Crippen molar-refractivity contribution in [3.63, 3.8) is 0 Å². The Balaban J connectivity index is 2.19. The maximum Gasteiger partial charge on any atom is 0.161 e. The van der Waals surface area contributed by atoms with Crippen LogP contribution in [-0.4, -0.2) is 16.5 Å². The van der Waals surface area contributed by atoms with Crippen LogP contribution in [0.4, 0.5) is 5.69 Å². The van der Waals surface area contributed by atoms with E-state index in [-0.39, 0.29) is 5.54 Å². The number of nitrogens with zero attached hydrogens (tertiary/aromatic N) is 1. The largest absolute Gasteiger partial charge is 0.334 e. The fourth-order valence-electron chi connectivity index (χ4n) is 1.36. The minimum Gasteiger partial charge on any atom is -0.334 e. The lowest BCUT2D eigenvalue weighted by atomic mass is 10.1. The zero-order chi connectivity index (χ0) is 11.8. The minimum absolute atomic E-state index is 0.0471. The maximum absolute atomic E-state index is 4.62. The molecule has 1 aromatic carbocycles. The number of aliphatic imine (C=N–C) groups is 1. The van der Waals surface area contributed by atoms with Crippen LogP contribution in [0.5, 0.6) is 0 Å². The van der Waals surface area contributed by atoms with Crippen molar-refractivity contribution in [2.75, 3.05) is 11.1 Å². The topological polar surface area (TPSA) is 24.4 Å². The Kier molecular flexibility index (Phi) is 3.66. The summed E-state index contributed by atoms with van der Waals surface area (Å²) in [7, 11) is 0. The van der Waals surface area contributed by atoms with Crippen LogP contribution in [0.1, 0.15) is 13.8 Å². The number of anilines is 1. The summed E-state index contributed by atoms with van der Waals surface area (Å²) in [6.45, 7) is 4.29. The van der Waals surface area contributed by atoms with Crippen molar-refractivity contribution in [2.45, 2.75) is 19.4 Å². The Morgan fingerprint density at radius 1 is 1.38 bits per heavy atom. The lowest BCUT2D eigenvalue weighted by molar-refractivity contribution is 0.605. The average Bonchev–Trinajstić information content (AvgIpc) is 2.52. The summed E-state index contributed by atoms with van der Waals surface area (Å²) in [6, 6.07) is 6.05. The average molecular weight is 364 g/mol.